The summed E-state index contributed by atoms with van der Waals surface area (Å²) < 4.78 is 10.9. The second kappa shape index (κ2) is 1.95. The van der Waals surface area contributed by atoms with Crippen LogP contribution >= 0.6 is 11.8 Å². The lowest BCUT2D eigenvalue weighted by Gasteiger charge is -2.38. The van der Waals surface area contributed by atoms with Gasteiger partial charge in [0.25, 0.3) is 0 Å². The Kier molecular flexibility index (Phi) is 1.29. The van der Waals surface area contributed by atoms with Gasteiger partial charge < -0.3 is 0 Å². The third kappa shape index (κ3) is 0.661. The molecule has 0 spiro atoms. The number of hydrogen-bond donors (Lipinski definition) is 0. The van der Waals surface area contributed by atoms with Crippen LogP contribution in [0.4, 0.5) is 0 Å². The molecule has 3 aliphatic rings. The van der Waals surface area contributed by atoms with Crippen molar-refractivity contribution in [3.05, 3.63) is 12.2 Å². The Morgan fingerprint density at radius 1 is 1.60 bits per heavy atom. The molecule has 0 aliphatic carbocycles. The molecule has 2 bridgehead atoms. The van der Waals surface area contributed by atoms with Crippen molar-refractivity contribution in [1.82, 2.24) is 0 Å². The molecular formula is C6H6O2S2. The van der Waals surface area contributed by atoms with Gasteiger partial charge in [0.2, 0.25) is 0 Å². The van der Waals surface area contributed by atoms with Crippen molar-refractivity contribution in [3.63, 3.8) is 0 Å². The van der Waals surface area contributed by atoms with Crippen LogP contribution in [0.25, 0.3) is 0 Å². The summed E-state index contributed by atoms with van der Waals surface area (Å²) >= 11 is 1.49. The van der Waals surface area contributed by atoms with Crippen molar-refractivity contribution in [2.45, 2.75) is 15.6 Å². The summed E-state index contributed by atoms with van der Waals surface area (Å²) in [7, 11) is -0.934. The number of thioether (sulfide) groups is 1. The Balaban J connectivity index is 2.33. The lowest BCUT2D eigenvalue weighted by atomic mass is 10.2. The molecule has 3 aliphatic heterocycles. The highest BCUT2D eigenvalue weighted by molar-refractivity contribution is 8.28. The molecule has 3 rings (SSSR count). The SMILES string of the molecule is C=C1CC(=O)C2SC1S2=O. The average Bonchev–Trinajstić information content (AvgIpc) is 1.83. The van der Waals surface area contributed by atoms with Crippen LogP contribution in [0, 0.1) is 0 Å². The minimum Gasteiger partial charge on any atom is -0.297 e. The zero-order valence-corrected chi connectivity index (χ0v) is 6.83. The number of ketones is 1. The van der Waals surface area contributed by atoms with Crippen molar-refractivity contribution < 1.29 is 9.00 Å². The highest BCUT2D eigenvalue weighted by atomic mass is 32.3. The van der Waals surface area contributed by atoms with E-state index in [-0.39, 0.29) is 14.9 Å². The summed E-state index contributed by atoms with van der Waals surface area (Å²) in [6.45, 7) is 3.70. The molecule has 3 atom stereocenters. The molecule has 0 radical (unpaired) electrons. The Bertz CT molecular complexity index is 209. The minimum atomic E-state index is -0.934. The average molecular weight is 174 g/mol. The standard InChI is InChI=1S/C6H6O2S2/c1-3-2-4(7)6-9-5(3)10(6)8/h5-6H,1-2H2. The van der Waals surface area contributed by atoms with Gasteiger partial charge in [-0.05, 0) is 5.57 Å². The van der Waals surface area contributed by atoms with E-state index in [9.17, 15) is 9.00 Å². The molecule has 2 nitrogen and oxygen atoms in total. The van der Waals surface area contributed by atoms with Crippen LogP contribution in [0.5, 0.6) is 0 Å². The molecule has 0 aromatic heterocycles. The summed E-state index contributed by atoms with van der Waals surface area (Å²) in [4.78, 5) is 11.0. The Labute approximate surface area is 65.5 Å². The number of carbonyl (C=O) groups is 1. The van der Waals surface area contributed by atoms with Gasteiger partial charge in [-0.25, -0.2) is 0 Å². The van der Waals surface area contributed by atoms with Crippen LogP contribution in [0.1, 0.15) is 6.42 Å². The van der Waals surface area contributed by atoms with E-state index >= 15 is 0 Å². The maximum Gasteiger partial charge on any atom is 0.162 e. The molecule has 3 saturated heterocycles. The van der Waals surface area contributed by atoms with Gasteiger partial charge in [0.05, 0.1) is 10.8 Å². The van der Waals surface area contributed by atoms with Gasteiger partial charge in [-0.2, -0.15) is 0 Å². The maximum atomic E-state index is 11.1. The van der Waals surface area contributed by atoms with Crippen LogP contribution in [0.2, 0.25) is 0 Å². The quantitative estimate of drug-likeness (QED) is 0.506. The topological polar surface area (TPSA) is 34.1 Å². The first kappa shape index (κ1) is 6.61. The van der Waals surface area contributed by atoms with Gasteiger partial charge in [-0.3, -0.25) is 9.00 Å². The molecule has 0 N–H and O–H groups in total. The van der Waals surface area contributed by atoms with Crippen molar-refractivity contribution >= 4 is 28.3 Å². The van der Waals surface area contributed by atoms with E-state index in [4.69, 9.17) is 0 Å². The molecule has 3 unspecified atom stereocenters. The lowest BCUT2D eigenvalue weighted by molar-refractivity contribution is -0.116. The first-order chi connectivity index (χ1) is 4.70. The Morgan fingerprint density at radius 3 is 2.70 bits per heavy atom. The van der Waals surface area contributed by atoms with Gasteiger partial charge in [0.1, 0.15) is 9.16 Å². The lowest BCUT2D eigenvalue weighted by Crippen LogP contribution is -2.46. The summed E-state index contributed by atoms with van der Waals surface area (Å²) in [5.41, 5.74) is 0.843. The predicted molar refractivity (Wildman–Crippen MR) is 42.1 cm³/mol. The Morgan fingerprint density at radius 2 is 2.30 bits per heavy atom. The highest BCUT2D eigenvalue weighted by Gasteiger charge is 2.49. The zero-order chi connectivity index (χ0) is 7.30. The molecule has 3 heterocycles. The van der Waals surface area contributed by atoms with Crippen molar-refractivity contribution in [2.75, 3.05) is 0 Å². The number of rotatable bonds is 0. The van der Waals surface area contributed by atoms with E-state index in [2.05, 4.69) is 6.58 Å². The molecule has 0 amide bonds. The zero-order valence-electron chi connectivity index (χ0n) is 5.20. The van der Waals surface area contributed by atoms with Crippen LogP contribution < -0.4 is 0 Å². The third-order valence-electron chi connectivity index (χ3n) is 1.67. The highest BCUT2D eigenvalue weighted by Crippen LogP contribution is 2.47. The maximum absolute atomic E-state index is 11.1. The van der Waals surface area contributed by atoms with Crippen LogP contribution in [-0.4, -0.2) is 19.2 Å². The van der Waals surface area contributed by atoms with Gasteiger partial charge in [0, 0.05) is 6.42 Å². The van der Waals surface area contributed by atoms with Crippen molar-refractivity contribution in [2.24, 2.45) is 0 Å². The third-order valence-corrected chi connectivity index (χ3v) is 6.00. The normalized spacial score (nSPS) is 45.0. The first-order valence-electron chi connectivity index (χ1n) is 2.95. The number of hydrogen-bond acceptors (Lipinski definition) is 3. The fourth-order valence-electron chi connectivity index (χ4n) is 1.14. The molecule has 10 heavy (non-hydrogen) atoms. The molecule has 54 valence electrons. The fraction of sp³-hybridized carbons (Fsp3) is 0.500. The van der Waals surface area contributed by atoms with E-state index < -0.39 is 10.8 Å². The number of Topliss-reactive ketones (excluding diaryl/α,β-unsaturated/α-hetero) is 1. The summed E-state index contributed by atoms with van der Waals surface area (Å²) in [5, 5.41) is 0. The molecular weight excluding hydrogens is 168 g/mol. The fourth-order valence-corrected chi connectivity index (χ4v) is 4.23. The second-order valence-corrected chi connectivity index (χ2v) is 5.84. The first-order valence-corrected chi connectivity index (χ1v) is 5.17. The predicted octanol–water partition coefficient (Wildman–Crippen LogP) is 0.663. The van der Waals surface area contributed by atoms with Gasteiger partial charge in [-0.15, -0.1) is 11.8 Å². The van der Waals surface area contributed by atoms with E-state index in [0.29, 0.717) is 6.42 Å². The van der Waals surface area contributed by atoms with Gasteiger partial charge >= 0.3 is 0 Å². The van der Waals surface area contributed by atoms with Crippen molar-refractivity contribution in [1.29, 1.82) is 0 Å². The van der Waals surface area contributed by atoms with Crippen LogP contribution in [0.15, 0.2) is 12.2 Å². The minimum absolute atomic E-state index is 0.0719. The van der Waals surface area contributed by atoms with Crippen LogP contribution in [0.3, 0.4) is 0 Å². The van der Waals surface area contributed by atoms with Gasteiger partial charge in [0.15, 0.2) is 5.78 Å². The molecule has 4 heteroatoms. The second-order valence-electron chi connectivity index (χ2n) is 2.43. The smallest absolute Gasteiger partial charge is 0.162 e. The van der Waals surface area contributed by atoms with Crippen molar-refractivity contribution in [3.8, 4) is 0 Å². The summed E-state index contributed by atoms with van der Waals surface area (Å²) in [6, 6.07) is 0. The van der Waals surface area contributed by atoms with E-state index in [1.54, 1.807) is 0 Å². The summed E-state index contributed by atoms with van der Waals surface area (Å²) in [6.07, 6.45) is 0.452. The molecule has 0 saturated carbocycles. The Hall–Kier alpha value is -0.0900. The molecule has 3 fully saturated rings. The largest absolute Gasteiger partial charge is 0.297 e. The van der Waals surface area contributed by atoms with E-state index in [1.165, 1.54) is 11.8 Å². The monoisotopic (exact) mass is 174 g/mol. The summed E-state index contributed by atoms with van der Waals surface area (Å²) in [5.74, 6) is 0.0934. The number of fused-ring (bicyclic) bond motifs is 2. The molecule has 0 aromatic rings. The van der Waals surface area contributed by atoms with E-state index in [0.717, 1.165) is 5.57 Å². The molecule has 0 aromatic carbocycles. The number of carbonyl (C=O) groups excluding carboxylic acids is 1. The van der Waals surface area contributed by atoms with Crippen LogP contribution in [-0.2, 0) is 15.6 Å². The van der Waals surface area contributed by atoms with E-state index in [1.807, 2.05) is 0 Å². The van der Waals surface area contributed by atoms with Gasteiger partial charge in [-0.1, -0.05) is 6.58 Å².